The Bertz CT molecular complexity index is 1400. The summed E-state index contributed by atoms with van der Waals surface area (Å²) in [5, 5.41) is 0.501. The molecule has 2 aromatic heterocycles. The summed E-state index contributed by atoms with van der Waals surface area (Å²) in [6, 6.07) is 17.8. The van der Waals surface area contributed by atoms with Crippen LogP contribution in [0.2, 0.25) is 0 Å². The predicted molar refractivity (Wildman–Crippen MR) is 134 cm³/mol. The van der Waals surface area contributed by atoms with Crippen molar-refractivity contribution < 1.29 is 19.1 Å². The fourth-order valence-electron chi connectivity index (χ4n) is 3.98. The predicted octanol–water partition coefficient (Wildman–Crippen LogP) is 4.59. The van der Waals surface area contributed by atoms with Crippen molar-refractivity contribution in [2.45, 2.75) is 26.3 Å². The van der Waals surface area contributed by atoms with Crippen LogP contribution in [0.5, 0.6) is 5.75 Å². The zero-order chi connectivity index (χ0) is 24.4. The molecule has 0 radical (unpaired) electrons. The molecular weight excluding hydrogens is 464 g/mol. The average molecular weight is 487 g/mol. The molecule has 1 aliphatic heterocycles. The van der Waals surface area contributed by atoms with Crippen LogP contribution in [0.3, 0.4) is 0 Å². The highest BCUT2D eigenvalue weighted by Crippen LogP contribution is 2.35. The number of thiazole rings is 1. The lowest BCUT2D eigenvalue weighted by Gasteiger charge is -2.21. The molecule has 3 heterocycles. The Hall–Kier alpha value is -4.11. The summed E-state index contributed by atoms with van der Waals surface area (Å²) in [4.78, 5) is 50.1. The fourth-order valence-corrected chi connectivity index (χ4v) is 4.96. The molecule has 1 saturated heterocycles. The molecule has 9 heteroatoms. The van der Waals surface area contributed by atoms with Crippen LogP contribution in [-0.4, -0.2) is 34.3 Å². The van der Waals surface area contributed by atoms with Gasteiger partial charge in [0.1, 0.15) is 11.3 Å². The lowest BCUT2D eigenvalue weighted by Crippen LogP contribution is -2.32. The van der Waals surface area contributed by atoms with Crippen molar-refractivity contribution in [1.82, 2.24) is 9.97 Å². The van der Waals surface area contributed by atoms with Gasteiger partial charge in [0.25, 0.3) is 5.91 Å². The summed E-state index contributed by atoms with van der Waals surface area (Å²) in [5.74, 6) is -0.182. The average Bonchev–Trinajstić information content (AvgIpc) is 3.46. The summed E-state index contributed by atoms with van der Waals surface area (Å²) >= 11 is 1.39. The van der Waals surface area contributed by atoms with Crippen LogP contribution in [0.1, 0.15) is 35.8 Å². The van der Waals surface area contributed by atoms with Gasteiger partial charge in [0.2, 0.25) is 11.8 Å². The van der Waals surface area contributed by atoms with Gasteiger partial charge in [-0.15, -0.1) is 0 Å². The van der Waals surface area contributed by atoms with E-state index >= 15 is 0 Å². The third kappa shape index (κ3) is 4.50. The van der Waals surface area contributed by atoms with E-state index in [4.69, 9.17) is 9.72 Å². The third-order valence-electron chi connectivity index (χ3n) is 5.60. The largest absolute Gasteiger partial charge is 0.492 e. The highest BCUT2D eigenvalue weighted by atomic mass is 32.1. The van der Waals surface area contributed by atoms with E-state index in [0.29, 0.717) is 39.9 Å². The Labute approximate surface area is 205 Å². The maximum Gasteiger partial charge on any atom is 0.260 e. The van der Waals surface area contributed by atoms with Crippen molar-refractivity contribution in [3.05, 3.63) is 78.1 Å². The van der Waals surface area contributed by atoms with E-state index in [1.807, 2.05) is 43.3 Å². The molecule has 0 spiro atoms. The number of fused-ring (bicyclic) bond motifs is 1. The number of nitrogens with zero attached hydrogens (tertiary/aromatic N) is 4. The topological polar surface area (TPSA) is 92.7 Å². The maximum absolute atomic E-state index is 13.8. The third-order valence-corrected chi connectivity index (χ3v) is 6.64. The minimum absolute atomic E-state index is 0.177. The van der Waals surface area contributed by atoms with Crippen molar-refractivity contribution in [2.24, 2.45) is 0 Å². The van der Waals surface area contributed by atoms with Crippen molar-refractivity contribution in [3.63, 3.8) is 0 Å². The molecule has 0 atom stereocenters. The molecule has 1 fully saturated rings. The van der Waals surface area contributed by atoms with Crippen LogP contribution in [0, 0.1) is 0 Å². The van der Waals surface area contributed by atoms with E-state index < -0.39 is 0 Å². The fraction of sp³-hybridized carbons (Fsp3) is 0.192. The molecule has 0 saturated carbocycles. The zero-order valence-corrected chi connectivity index (χ0v) is 19.8. The minimum Gasteiger partial charge on any atom is -0.492 e. The normalized spacial score (nSPS) is 13.5. The number of ether oxygens (including phenoxy) is 1. The molecule has 0 aliphatic carbocycles. The van der Waals surface area contributed by atoms with E-state index in [1.165, 1.54) is 11.3 Å². The van der Waals surface area contributed by atoms with Gasteiger partial charge >= 0.3 is 0 Å². The Morgan fingerprint density at radius 1 is 1.06 bits per heavy atom. The monoisotopic (exact) mass is 486 g/mol. The van der Waals surface area contributed by atoms with E-state index in [1.54, 1.807) is 35.4 Å². The first-order chi connectivity index (χ1) is 17.0. The molecule has 1 aliphatic rings. The lowest BCUT2D eigenvalue weighted by molar-refractivity contribution is -0.121. The van der Waals surface area contributed by atoms with Crippen LogP contribution in [0.15, 0.2) is 66.9 Å². The van der Waals surface area contributed by atoms with Crippen molar-refractivity contribution in [1.29, 1.82) is 0 Å². The van der Waals surface area contributed by atoms with Gasteiger partial charge in [-0.2, -0.15) is 0 Å². The summed E-state index contributed by atoms with van der Waals surface area (Å²) < 4.78 is 6.62. The van der Waals surface area contributed by atoms with Crippen LogP contribution in [0.4, 0.5) is 10.8 Å². The van der Waals surface area contributed by atoms with Gasteiger partial charge in [0.15, 0.2) is 5.13 Å². The summed E-state index contributed by atoms with van der Waals surface area (Å²) in [7, 11) is 0. The number of imide groups is 1. The van der Waals surface area contributed by atoms with Gasteiger partial charge in [0, 0.05) is 24.6 Å². The first-order valence-corrected chi connectivity index (χ1v) is 12.1. The Morgan fingerprint density at radius 3 is 2.60 bits per heavy atom. The smallest absolute Gasteiger partial charge is 0.260 e. The molecule has 3 amide bonds. The van der Waals surface area contributed by atoms with Crippen LogP contribution >= 0.6 is 11.3 Å². The second-order valence-electron chi connectivity index (χ2n) is 7.92. The number of hydrogen-bond acceptors (Lipinski definition) is 7. The number of para-hydroxylation sites is 1. The number of benzene rings is 2. The van der Waals surface area contributed by atoms with Gasteiger partial charge < -0.3 is 4.74 Å². The molecule has 176 valence electrons. The van der Waals surface area contributed by atoms with E-state index in [2.05, 4.69) is 4.98 Å². The molecule has 0 bridgehead atoms. The second kappa shape index (κ2) is 9.63. The van der Waals surface area contributed by atoms with E-state index in [9.17, 15) is 14.4 Å². The number of hydrogen-bond donors (Lipinski definition) is 0. The molecule has 0 N–H and O–H groups in total. The minimum atomic E-state index is -0.311. The lowest BCUT2D eigenvalue weighted by atomic mass is 10.1. The number of anilines is 2. The van der Waals surface area contributed by atoms with Crippen molar-refractivity contribution in [2.75, 3.05) is 16.4 Å². The summed E-state index contributed by atoms with van der Waals surface area (Å²) in [6.45, 7) is 2.62. The number of carbonyl (C=O) groups excluding carboxylic acids is 3. The quantitative estimate of drug-likeness (QED) is 0.355. The number of aromatic nitrogens is 2. The van der Waals surface area contributed by atoms with Crippen molar-refractivity contribution >= 4 is 50.1 Å². The summed E-state index contributed by atoms with van der Waals surface area (Å²) in [5.41, 5.74) is 2.13. The number of rotatable bonds is 7. The van der Waals surface area contributed by atoms with Gasteiger partial charge in [-0.1, -0.05) is 29.5 Å². The van der Waals surface area contributed by atoms with Crippen LogP contribution in [-0.2, 0) is 16.1 Å². The SMILES string of the molecule is CCOc1cccc2sc(N(Cc3ccccn3)C(=O)c3cccc(N4C(=O)CCC4=O)c3)nc12. The van der Waals surface area contributed by atoms with E-state index in [-0.39, 0.29) is 37.1 Å². The van der Waals surface area contributed by atoms with Gasteiger partial charge in [-0.3, -0.25) is 29.2 Å². The molecule has 35 heavy (non-hydrogen) atoms. The Balaban J connectivity index is 1.55. The molecule has 2 aromatic carbocycles. The van der Waals surface area contributed by atoms with E-state index in [0.717, 1.165) is 9.60 Å². The first kappa shape index (κ1) is 22.7. The van der Waals surface area contributed by atoms with Crippen LogP contribution in [0.25, 0.3) is 10.2 Å². The Kier molecular flexibility index (Phi) is 6.24. The number of carbonyl (C=O) groups is 3. The maximum atomic E-state index is 13.8. The van der Waals surface area contributed by atoms with Crippen molar-refractivity contribution in [3.8, 4) is 5.75 Å². The second-order valence-corrected chi connectivity index (χ2v) is 8.93. The highest BCUT2D eigenvalue weighted by molar-refractivity contribution is 7.22. The van der Waals surface area contributed by atoms with Gasteiger partial charge in [-0.05, 0) is 49.4 Å². The summed E-state index contributed by atoms with van der Waals surface area (Å²) in [6.07, 6.45) is 2.03. The molecule has 4 aromatic rings. The standard InChI is InChI=1S/C26H22N4O4S/c1-2-34-20-10-6-11-21-24(20)28-26(35-21)29(16-18-8-3-4-14-27-18)25(33)17-7-5-9-19(15-17)30-22(31)12-13-23(30)32/h3-11,14-15H,2,12-13,16H2,1H3. The molecular formula is C26H22N4O4S. The number of pyridine rings is 1. The zero-order valence-electron chi connectivity index (χ0n) is 19.0. The highest BCUT2D eigenvalue weighted by Gasteiger charge is 2.31. The Morgan fingerprint density at radius 2 is 1.86 bits per heavy atom. The molecule has 8 nitrogen and oxygen atoms in total. The number of amides is 3. The first-order valence-electron chi connectivity index (χ1n) is 11.2. The molecule has 0 unspecified atom stereocenters. The van der Waals surface area contributed by atoms with Crippen LogP contribution < -0.4 is 14.5 Å². The van der Waals surface area contributed by atoms with Gasteiger partial charge in [-0.25, -0.2) is 4.98 Å². The van der Waals surface area contributed by atoms with Gasteiger partial charge in [0.05, 0.1) is 29.2 Å². The molecule has 5 rings (SSSR count).